The Balaban J connectivity index is 1.99. The minimum atomic E-state index is 0.421. The van der Waals surface area contributed by atoms with Crippen LogP contribution in [0.1, 0.15) is 46.5 Å². The molecule has 3 heteroatoms. The number of nitrogens with one attached hydrogen (secondary N) is 1. The van der Waals surface area contributed by atoms with Crippen LogP contribution in [0.3, 0.4) is 0 Å². The fourth-order valence-electron chi connectivity index (χ4n) is 3.37. The molecule has 0 radical (unpaired) electrons. The van der Waals surface area contributed by atoms with E-state index in [1.165, 1.54) is 32.2 Å². The van der Waals surface area contributed by atoms with Crippen molar-refractivity contribution in [2.45, 2.75) is 70.7 Å². The van der Waals surface area contributed by atoms with Crippen molar-refractivity contribution in [3.63, 3.8) is 0 Å². The molecule has 2 aliphatic rings. The lowest BCUT2D eigenvalue weighted by Crippen LogP contribution is -2.60. The molecular weight excluding hydrogens is 212 g/mol. The highest BCUT2D eigenvalue weighted by Crippen LogP contribution is 2.25. The summed E-state index contributed by atoms with van der Waals surface area (Å²) in [4.78, 5) is 2.73. The molecule has 0 aromatic carbocycles. The highest BCUT2D eigenvalue weighted by atomic mass is 16.5. The molecule has 2 saturated heterocycles. The average Bonchev–Trinajstić information content (AvgIpc) is 2.76. The molecular formula is C14H28N2O. The van der Waals surface area contributed by atoms with E-state index in [1.54, 1.807) is 0 Å². The third-order valence-electron chi connectivity index (χ3n) is 4.41. The van der Waals surface area contributed by atoms with Crippen LogP contribution in [0.15, 0.2) is 0 Å². The molecule has 3 nitrogen and oxygen atoms in total. The summed E-state index contributed by atoms with van der Waals surface area (Å²) in [5, 5.41) is 3.71. The quantitative estimate of drug-likeness (QED) is 0.813. The van der Waals surface area contributed by atoms with E-state index in [0.29, 0.717) is 24.2 Å². The largest absolute Gasteiger partial charge is 0.377 e. The van der Waals surface area contributed by atoms with Crippen molar-refractivity contribution < 1.29 is 4.74 Å². The van der Waals surface area contributed by atoms with Crippen LogP contribution < -0.4 is 5.32 Å². The van der Waals surface area contributed by atoms with Crippen LogP contribution in [-0.2, 0) is 4.74 Å². The van der Waals surface area contributed by atoms with Crippen LogP contribution in [-0.4, -0.2) is 48.8 Å². The van der Waals surface area contributed by atoms with E-state index in [2.05, 4.69) is 31.0 Å². The van der Waals surface area contributed by atoms with Crippen LogP contribution in [0, 0.1) is 0 Å². The van der Waals surface area contributed by atoms with E-state index in [9.17, 15) is 0 Å². The summed E-state index contributed by atoms with van der Waals surface area (Å²) in [7, 11) is 0. The predicted molar refractivity (Wildman–Crippen MR) is 71.3 cm³/mol. The average molecular weight is 240 g/mol. The molecule has 17 heavy (non-hydrogen) atoms. The smallest absolute Gasteiger partial charge is 0.0703 e. The Bertz CT molecular complexity index is 234. The van der Waals surface area contributed by atoms with Crippen molar-refractivity contribution in [1.82, 2.24) is 10.2 Å². The summed E-state index contributed by atoms with van der Waals surface area (Å²) >= 11 is 0. The first-order valence-electron chi connectivity index (χ1n) is 7.37. The Morgan fingerprint density at radius 3 is 2.76 bits per heavy atom. The SMILES string of the molecule is CCCC1CN(C2CCOC2C)C(CC)CN1. The third kappa shape index (κ3) is 3.01. The maximum Gasteiger partial charge on any atom is 0.0703 e. The summed E-state index contributed by atoms with van der Waals surface area (Å²) in [5.41, 5.74) is 0. The number of rotatable bonds is 4. The molecule has 2 rings (SSSR count). The Morgan fingerprint density at radius 2 is 2.18 bits per heavy atom. The lowest BCUT2D eigenvalue weighted by molar-refractivity contribution is 0.0289. The van der Waals surface area contributed by atoms with Gasteiger partial charge in [0.25, 0.3) is 0 Å². The van der Waals surface area contributed by atoms with E-state index >= 15 is 0 Å². The van der Waals surface area contributed by atoms with Crippen molar-refractivity contribution in [1.29, 1.82) is 0 Å². The van der Waals surface area contributed by atoms with Gasteiger partial charge in [0, 0.05) is 37.8 Å². The molecule has 2 fully saturated rings. The first-order valence-corrected chi connectivity index (χ1v) is 7.37. The first-order chi connectivity index (χ1) is 8.26. The lowest BCUT2D eigenvalue weighted by atomic mass is 9.98. The molecule has 0 amide bonds. The van der Waals surface area contributed by atoms with E-state index in [0.717, 1.165) is 13.2 Å². The second kappa shape index (κ2) is 6.17. The van der Waals surface area contributed by atoms with Gasteiger partial charge < -0.3 is 10.1 Å². The molecule has 100 valence electrons. The van der Waals surface area contributed by atoms with Crippen LogP contribution in [0.25, 0.3) is 0 Å². The van der Waals surface area contributed by atoms with Crippen molar-refractivity contribution in [2.24, 2.45) is 0 Å². The fraction of sp³-hybridized carbons (Fsp3) is 1.00. The first kappa shape index (κ1) is 13.3. The molecule has 0 aliphatic carbocycles. The van der Waals surface area contributed by atoms with Gasteiger partial charge in [-0.15, -0.1) is 0 Å². The van der Waals surface area contributed by atoms with Crippen molar-refractivity contribution in [3.8, 4) is 0 Å². The summed E-state index contributed by atoms with van der Waals surface area (Å²) in [5.74, 6) is 0. The number of nitrogens with zero attached hydrogens (tertiary/aromatic N) is 1. The summed E-state index contributed by atoms with van der Waals surface area (Å²) in [6.07, 6.45) is 5.46. The van der Waals surface area contributed by atoms with E-state index < -0.39 is 0 Å². The van der Waals surface area contributed by atoms with E-state index in [-0.39, 0.29) is 0 Å². The molecule has 0 aromatic rings. The number of ether oxygens (including phenoxy) is 1. The van der Waals surface area contributed by atoms with Crippen LogP contribution in [0.5, 0.6) is 0 Å². The van der Waals surface area contributed by atoms with Gasteiger partial charge in [0.05, 0.1) is 6.10 Å². The molecule has 0 spiro atoms. The molecule has 2 aliphatic heterocycles. The maximum absolute atomic E-state index is 5.74. The van der Waals surface area contributed by atoms with Gasteiger partial charge in [0.15, 0.2) is 0 Å². The van der Waals surface area contributed by atoms with Gasteiger partial charge in [-0.1, -0.05) is 20.3 Å². The van der Waals surface area contributed by atoms with Gasteiger partial charge >= 0.3 is 0 Å². The fourth-order valence-corrected chi connectivity index (χ4v) is 3.37. The van der Waals surface area contributed by atoms with Gasteiger partial charge in [0.2, 0.25) is 0 Å². The van der Waals surface area contributed by atoms with Crippen LogP contribution >= 0.6 is 0 Å². The summed E-state index contributed by atoms with van der Waals surface area (Å²) in [6, 6.07) is 2.05. The highest BCUT2D eigenvalue weighted by Gasteiger charge is 2.36. The molecule has 4 atom stereocenters. The third-order valence-corrected chi connectivity index (χ3v) is 4.41. The van der Waals surface area contributed by atoms with Gasteiger partial charge in [-0.3, -0.25) is 4.90 Å². The molecule has 2 heterocycles. The molecule has 0 aromatic heterocycles. The normalized spacial score (nSPS) is 39.7. The zero-order chi connectivity index (χ0) is 12.3. The van der Waals surface area contributed by atoms with Gasteiger partial charge in [-0.05, 0) is 26.2 Å². The predicted octanol–water partition coefficient (Wildman–Crippen LogP) is 2.02. The monoisotopic (exact) mass is 240 g/mol. The van der Waals surface area contributed by atoms with Crippen molar-refractivity contribution >= 4 is 0 Å². The van der Waals surface area contributed by atoms with Gasteiger partial charge in [-0.25, -0.2) is 0 Å². The minimum absolute atomic E-state index is 0.421. The lowest BCUT2D eigenvalue weighted by Gasteiger charge is -2.44. The molecule has 4 unspecified atom stereocenters. The number of piperazine rings is 1. The molecule has 1 N–H and O–H groups in total. The summed E-state index contributed by atoms with van der Waals surface area (Å²) < 4.78 is 5.74. The van der Waals surface area contributed by atoms with Crippen molar-refractivity contribution in [3.05, 3.63) is 0 Å². The zero-order valence-corrected chi connectivity index (χ0v) is 11.6. The maximum atomic E-state index is 5.74. The van der Waals surface area contributed by atoms with Crippen LogP contribution in [0.4, 0.5) is 0 Å². The standard InChI is InChI=1S/C14H28N2O/c1-4-6-12-10-16(13(5-2)9-15-12)14-7-8-17-11(14)3/h11-15H,4-10H2,1-3H3. The van der Waals surface area contributed by atoms with Gasteiger partial charge in [-0.2, -0.15) is 0 Å². The molecule has 0 saturated carbocycles. The van der Waals surface area contributed by atoms with E-state index in [1.807, 2.05) is 0 Å². The Hall–Kier alpha value is -0.120. The topological polar surface area (TPSA) is 24.5 Å². The Labute approximate surface area is 106 Å². The second-order valence-corrected chi connectivity index (χ2v) is 5.58. The minimum Gasteiger partial charge on any atom is -0.377 e. The van der Waals surface area contributed by atoms with Crippen LogP contribution in [0.2, 0.25) is 0 Å². The van der Waals surface area contributed by atoms with E-state index in [4.69, 9.17) is 4.74 Å². The number of hydrogen-bond donors (Lipinski definition) is 1. The summed E-state index contributed by atoms with van der Waals surface area (Å²) in [6.45, 7) is 10.1. The van der Waals surface area contributed by atoms with Crippen molar-refractivity contribution in [2.75, 3.05) is 19.7 Å². The van der Waals surface area contributed by atoms with Gasteiger partial charge in [0.1, 0.15) is 0 Å². The zero-order valence-electron chi connectivity index (χ0n) is 11.6. The Kier molecular flexibility index (Phi) is 4.83. The molecule has 0 bridgehead atoms. The Morgan fingerprint density at radius 1 is 1.35 bits per heavy atom. The highest BCUT2D eigenvalue weighted by molar-refractivity contribution is 4.93. The number of hydrogen-bond acceptors (Lipinski definition) is 3. The second-order valence-electron chi connectivity index (χ2n) is 5.58.